The highest BCUT2D eigenvalue weighted by atomic mass is 16.5. The van der Waals surface area contributed by atoms with Crippen LogP contribution in [0.2, 0.25) is 0 Å². The van der Waals surface area contributed by atoms with Crippen LogP contribution >= 0.6 is 0 Å². The van der Waals surface area contributed by atoms with Gasteiger partial charge < -0.3 is 14.6 Å². The Hall–Kier alpha value is -2.30. The summed E-state index contributed by atoms with van der Waals surface area (Å²) < 4.78 is 7.62. The van der Waals surface area contributed by atoms with Gasteiger partial charge in [-0.2, -0.15) is 0 Å². The van der Waals surface area contributed by atoms with Crippen molar-refractivity contribution in [3.05, 3.63) is 48.0 Å². The number of imidazole rings is 1. The molecule has 2 heterocycles. The van der Waals surface area contributed by atoms with Crippen LogP contribution in [0.3, 0.4) is 0 Å². The fraction of sp³-hybridized carbons (Fsp3) is 0.375. The third-order valence-electron chi connectivity index (χ3n) is 3.76. The van der Waals surface area contributed by atoms with Crippen LogP contribution in [0.5, 0.6) is 5.75 Å². The van der Waals surface area contributed by atoms with E-state index in [0.717, 1.165) is 30.1 Å². The first-order chi connectivity index (χ1) is 10.2. The molecule has 2 aromatic rings. The quantitative estimate of drug-likeness (QED) is 0.916. The molecule has 1 atom stereocenters. The van der Waals surface area contributed by atoms with Gasteiger partial charge in [-0.25, -0.2) is 4.98 Å². The van der Waals surface area contributed by atoms with Gasteiger partial charge in [0.2, 0.25) is 5.91 Å². The Kier molecular flexibility index (Phi) is 3.90. The summed E-state index contributed by atoms with van der Waals surface area (Å²) in [4.78, 5) is 16.2. The molecule has 1 aliphatic rings. The van der Waals surface area contributed by atoms with Gasteiger partial charge in [0.1, 0.15) is 18.2 Å². The summed E-state index contributed by atoms with van der Waals surface area (Å²) >= 11 is 0. The lowest BCUT2D eigenvalue weighted by atomic mass is 10.1. The smallest absolute Gasteiger partial charge is 0.220 e. The largest absolute Gasteiger partial charge is 0.491 e. The van der Waals surface area contributed by atoms with Gasteiger partial charge in [0.25, 0.3) is 0 Å². The third-order valence-corrected chi connectivity index (χ3v) is 3.76. The fourth-order valence-electron chi connectivity index (χ4n) is 2.60. The summed E-state index contributed by atoms with van der Waals surface area (Å²) in [7, 11) is 0. The molecule has 21 heavy (non-hydrogen) atoms. The number of hydrogen-bond donors (Lipinski definition) is 1. The minimum atomic E-state index is -0.0244. The van der Waals surface area contributed by atoms with E-state index in [1.54, 1.807) is 6.20 Å². The molecule has 0 unspecified atom stereocenters. The number of para-hydroxylation sites is 1. The Morgan fingerprint density at radius 3 is 3.14 bits per heavy atom. The summed E-state index contributed by atoms with van der Waals surface area (Å²) in [6, 6.07) is 7.82. The number of hydrogen-bond acceptors (Lipinski definition) is 3. The zero-order valence-electron chi connectivity index (χ0n) is 12.1. The zero-order valence-corrected chi connectivity index (χ0v) is 12.1. The molecule has 1 aromatic carbocycles. The maximum atomic E-state index is 12.0. The van der Waals surface area contributed by atoms with E-state index in [1.807, 2.05) is 37.4 Å². The van der Waals surface area contributed by atoms with Crippen molar-refractivity contribution in [2.45, 2.75) is 32.4 Å². The predicted molar refractivity (Wildman–Crippen MR) is 79.0 cm³/mol. The van der Waals surface area contributed by atoms with E-state index in [4.69, 9.17) is 4.74 Å². The molecule has 1 aliphatic heterocycles. The standard InChI is InChI=1S/C16H19N3O2/c1-12-17-8-10-19(12)9-4-7-16(20)18-14-11-21-15-6-3-2-5-13(14)15/h2-3,5-6,8,10,14H,4,7,9,11H2,1H3,(H,18,20)/t14-/m0/s1. The molecule has 1 aromatic heterocycles. The molecule has 5 heteroatoms. The summed E-state index contributed by atoms with van der Waals surface area (Å²) in [5, 5.41) is 3.04. The molecule has 5 nitrogen and oxygen atoms in total. The van der Waals surface area contributed by atoms with Crippen LogP contribution in [0.15, 0.2) is 36.7 Å². The van der Waals surface area contributed by atoms with Gasteiger partial charge in [-0.15, -0.1) is 0 Å². The SMILES string of the molecule is Cc1nccn1CCCC(=O)N[C@H]1COc2ccccc21. The zero-order chi connectivity index (χ0) is 14.7. The number of rotatable bonds is 5. The molecule has 1 amide bonds. The molecular weight excluding hydrogens is 266 g/mol. The molecule has 110 valence electrons. The van der Waals surface area contributed by atoms with Crippen LogP contribution in [-0.2, 0) is 11.3 Å². The van der Waals surface area contributed by atoms with Crippen molar-refractivity contribution in [3.8, 4) is 5.75 Å². The number of nitrogens with zero attached hydrogens (tertiary/aromatic N) is 2. The van der Waals surface area contributed by atoms with Gasteiger partial charge >= 0.3 is 0 Å². The van der Waals surface area contributed by atoms with E-state index in [1.165, 1.54) is 0 Å². The molecule has 0 bridgehead atoms. The molecule has 3 rings (SSSR count). The Bertz CT molecular complexity index is 636. The van der Waals surface area contributed by atoms with Crippen LogP contribution in [0.4, 0.5) is 0 Å². The number of fused-ring (bicyclic) bond motifs is 1. The molecule has 0 spiro atoms. The van der Waals surface area contributed by atoms with Crippen LogP contribution < -0.4 is 10.1 Å². The number of aromatic nitrogens is 2. The van der Waals surface area contributed by atoms with Gasteiger partial charge in [0, 0.05) is 30.9 Å². The maximum Gasteiger partial charge on any atom is 0.220 e. The van der Waals surface area contributed by atoms with Crippen LogP contribution in [0, 0.1) is 6.92 Å². The first-order valence-electron chi connectivity index (χ1n) is 7.23. The molecule has 0 saturated heterocycles. The lowest BCUT2D eigenvalue weighted by Crippen LogP contribution is -2.29. The van der Waals surface area contributed by atoms with E-state index in [0.29, 0.717) is 13.0 Å². The second-order valence-electron chi connectivity index (χ2n) is 5.24. The topological polar surface area (TPSA) is 56.2 Å². The number of carbonyl (C=O) groups is 1. The van der Waals surface area contributed by atoms with E-state index in [-0.39, 0.29) is 11.9 Å². The second kappa shape index (κ2) is 5.99. The van der Waals surface area contributed by atoms with Crippen molar-refractivity contribution in [2.75, 3.05) is 6.61 Å². The van der Waals surface area contributed by atoms with E-state index in [2.05, 4.69) is 14.9 Å². The van der Waals surface area contributed by atoms with Crippen molar-refractivity contribution < 1.29 is 9.53 Å². The third kappa shape index (κ3) is 3.07. The van der Waals surface area contributed by atoms with Gasteiger partial charge in [-0.3, -0.25) is 4.79 Å². The van der Waals surface area contributed by atoms with Crippen LogP contribution in [-0.4, -0.2) is 22.1 Å². The van der Waals surface area contributed by atoms with Crippen molar-refractivity contribution in [3.63, 3.8) is 0 Å². The predicted octanol–water partition coefficient (Wildman–Crippen LogP) is 2.22. The molecule has 1 N–H and O–H groups in total. The Morgan fingerprint density at radius 1 is 1.48 bits per heavy atom. The molecule has 0 radical (unpaired) electrons. The van der Waals surface area contributed by atoms with E-state index in [9.17, 15) is 4.79 Å². The molecular formula is C16H19N3O2. The average Bonchev–Trinajstić information content (AvgIpc) is 3.07. The van der Waals surface area contributed by atoms with Gasteiger partial charge in [0.15, 0.2) is 0 Å². The van der Waals surface area contributed by atoms with Gasteiger partial charge in [-0.1, -0.05) is 18.2 Å². The fourth-order valence-corrected chi connectivity index (χ4v) is 2.60. The maximum absolute atomic E-state index is 12.0. The molecule has 0 saturated carbocycles. The summed E-state index contributed by atoms with van der Waals surface area (Å²) in [5.41, 5.74) is 1.07. The first-order valence-corrected chi connectivity index (χ1v) is 7.23. The summed E-state index contributed by atoms with van der Waals surface area (Å²) in [6.45, 7) is 3.30. The summed E-state index contributed by atoms with van der Waals surface area (Å²) in [6.07, 6.45) is 5.03. The second-order valence-corrected chi connectivity index (χ2v) is 5.24. The Morgan fingerprint density at radius 2 is 2.33 bits per heavy atom. The lowest BCUT2D eigenvalue weighted by molar-refractivity contribution is -0.122. The number of aryl methyl sites for hydroxylation is 2. The number of amides is 1. The van der Waals surface area contributed by atoms with Gasteiger partial charge in [0.05, 0.1) is 6.04 Å². The highest BCUT2D eigenvalue weighted by Gasteiger charge is 2.24. The highest BCUT2D eigenvalue weighted by Crippen LogP contribution is 2.31. The summed E-state index contributed by atoms with van der Waals surface area (Å²) in [5.74, 6) is 1.92. The lowest BCUT2D eigenvalue weighted by Gasteiger charge is -2.12. The minimum absolute atomic E-state index is 0.0244. The van der Waals surface area contributed by atoms with Crippen molar-refractivity contribution in [1.29, 1.82) is 0 Å². The Labute approximate surface area is 124 Å². The van der Waals surface area contributed by atoms with Crippen LogP contribution in [0.25, 0.3) is 0 Å². The van der Waals surface area contributed by atoms with Gasteiger partial charge in [-0.05, 0) is 19.4 Å². The minimum Gasteiger partial charge on any atom is -0.491 e. The first kappa shape index (κ1) is 13.7. The van der Waals surface area contributed by atoms with E-state index >= 15 is 0 Å². The monoisotopic (exact) mass is 285 g/mol. The number of ether oxygens (including phenoxy) is 1. The Balaban J connectivity index is 1.48. The van der Waals surface area contributed by atoms with Crippen molar-refractivity contribution in [1.82, 2.24) is 14.9 Å². The molecule has 0 fully saturated rings. The highest BCUT2D eigenvalue weighted by molar-refractivity contribution is 5.76. The number of carbonyl (C=O) groups excluding carboxylic acids is 1. The number of nitrogens with one attached hydrogen (secondary N) is 1. The normalized spacial score (nSPS) is 16.3. The van der Waals surface area contributed by atoms with Crippen molar-refractivity contribution in [2.24, 2.45) is 0 Å². The molecule has 0 aliphatic carbocycles. The van der Waals surface area contributed by atoms with E-state index < -0.39 is 0 Å². The number of benzene rings is 1. The average molecular weight is 285 g/mol. The van der Waals surface area contributed by atoms with Crippen molar-refractivity contribution >= 4 is 5.91 Å². The van der Waals surface area contributed by atoms with Crippen LogP contribution in [0.1, 0.15) is 30.3 Å².